The largest absolute Gasteiger partial charge is 0.386 e. The van der Waals surface area contributed by atoms with Crippen molar-refractivity contribution in [3.8, 4) is 11.1 Å². The highest BCUT2D eigenvalue weighted by Crippen LogP contribution is 2.33. The Balaban J connectivity index is 1.82. The molecular formula is C16H17N3O2. The molecule has 0 saturated heterocycles. The van der Waals surface area contributed by atoms with Crippen molar-refractivity contribution in [1.82, 2.24) is 9.97 Å². The number of ether oxygens (including phenoxy) is 1. The number of pyridine rings is 2. The van der Waals surface area contributed by atoms with Crippen LogP contribution in [0, 0.1) is 0 Å². The zero-order valence-corrected chi connectivity index (χ0v) is 11.7. The van der Waals surface area contributed by atoms with Gasteiger partial charge in [0.2, 0.25) is 0 Å². The minimum Gasteiger partial charge on any atom is -0.386 e. The highest BCUT2D eigenvalue weighted by atomic mass is 16.5. The predicted octanol–water partition coefficient (Wildman–Crippen LogP) is 2.07. The van der Waals surface area contributed by atoms with Gasteiger partial charge < -0.3 is 15.2 Å². The van der Waals surface area contributed by atoms with E-state index in [1.807, 2.05) is 12.4 Å². The molecule has 108 valence electrons. The molecule has 4 heterocycles. The summed E-state index contributed by atoms with van der Waals surface area (Å²) in [7, 11) is 0. The molecule has 1 unspecified atom stereocenters. The summed E-state index contributed by atoms with van der Waals surface area (Å²) >= 11 is 0. The second-order valence-electron chi connectivity index (χ2n) is 5.55. The summed E-state index contributed by atoms with van der Waals surface area (Å²) in [6.07, 6.45) is 7.03. The Morgan fingerprint density at radius 3 is 3.19 bits per heavy atom. The van der Waals surface area contributed by atoms with Crippen LogP contribution in [0.1, 0.15) is 29.2 Å². The molecule has 0 radical (unpaired) electrons. The van der Waals surface area contributed by atoms with Crippen molar-refractivity contribution in [2.75, 3.05) is 18.5 Å². The fourth-order valence-electron chi connectivity index (χ4n) is 3.06. The average molecular weight is 283 g/mol. The number of aromatic nitrogens is 2. The van der Waals surface area contributed by atoms with E-state index in [4.69, 9.17) is 4.74 Å². The Bertz CT molecular complexity index is 687. The molecule has 0 bridgehead atoms. The first-order valence-corrected chi connectivity index (χ1v) is 7.28. The molecule has 0 saturated carbocycles. The molecule has 2 aliphatic heterocycles. The Hall–Kier alpha value is -1.98. The van der Waals surface area contributed by atoms with E-state index in [1.165, 1.54) is 5.56 Å². The highest BCUT2D eigenvalue weighted by molar-refractivity contribution is 5.70. The van der Waals surface area contributed by atoms with Crippen molar-refractivity contribution >= 4 is 5.82 Å². The van der Waals surface area contributed by atoms with Crippen LogP contribution in [0.15, 0.2) is 24.7 Å². The van der Waals surface area contributed by atoms with Crippen molar-refractivity contribution in [3.63, 3.8) is 0 Å². The van der Waals surface area contributed by atoms with E-state index < -0.39 is 6.10 Å². The van der Waals surface area contributed by atoms with Crippen molar-refractivity contribution in [3.05, 3.63) is 41.3 Å². The number of aryl methyl sites for hydroxylation is 1. The molecule has 0 fully saturated rings. The van der Waals surface area contributed by atoms with Crippen LogP contribution in [0.5, 0.6) is 0 Å². The molecule has 1 atom stereocenters. The lowest BCUT2D eigenvalue weighted by Crippen LogP contribution is -2.17. The molecule has 5 nitrogen and oxygen atoms in total. The number of hydrogen-bond donors (Lipinski definition) is 2. The van der Waals surface area contributed by atoms with Crippen LogP contribution in [-0.2, 0) is 17.8 Å². The number of anilines is 1. The third kappa shape index (κ3) is 2.18. The fraction of sp³-hybridized carbons (Fsp3) is 0.375. The van der Waals surface area contributed by atoms with Crippen molar-refractivity contribution in [1.29, 1.82) is 0 Å². The summed E-state index contributed by atoms with van der Waals surface area (Å²) in [6.45, 7) is 1.84. The quantitative estimate of drug-likeness (QED) is 0.838. The van der Waals surface area contributed by atoms with E-state index in [0.29, 0.717) is 13.2 Å². The summed E-state index contributed by atoms with van der Waals surface area (Å²) < 4.78 is 5.47. The van der Waals surface area contributed by atoms with Gasteiger partial charge in [0.1, 0.15) is 11.9 Å². The number of fused-ring (bicyclic) bond motifs is 2. The van der Waals surface area contributed by atoms with Crippen LogP contribution >= 0.6 is 0 Å². The number of nitrogens with one attached hydrogen (secondary N) is 1. The second-order valence-corrected chi connectivity index (χ2v) is 5.55. The van der Waals surface area contributed by atoms with Crippen molar-refractivity contribution in [2.45, 2.75) is 25.6 Å². The average Bonchev–Trinajstić information content (AvgIpc) is 2.54. The molecule has 2 aromatic heterocycles. The van der Waals surface area contributed by atoms with Crippen LogP contribution < -0.4 is 5.32 Å². The van der Waals surface area contributed by atoms with Gasteiger partial charge in [0.25, 0.3) is 0 Å². The Kier molecular flexibility index (Phi) is 3.09. The molecule has 0 amide bonds. The number of aliphatic hydroxyl groups is 1. The van der Waals surface area contributed by atoms with E-state index in [0.717, 1.165) is 47.5 Å². The van der Waals surface area contributed by atoms with Gasteiger partial charge in [-0.2, -0.15) is 0 Å². The van der Waals surface area contributed by atoms with Gasteiger partial charge in [0, 0.05) is 41.8 Å². The highest BCUT2D eigenvalue weighted by Gasteiger charge is 2.22. The topological polar surface area (TPSA) is 67.3 Å². The van der Waals surface area contributed by atoms with E-state index >= 15 is 0 Å². The van der Waals surface area contributed by atoms with Crippen molar-refractivity contribution < 1.29 is 9.84 Å². The van der Waals surface area contributed by atoms with E-state index in [2.05, 4.69) is 21.4 Å². The normalized spacial score (nSPS) is 20.3. The van der Waals surface area contributed by atoms with Crippen molar-refractivity contribution in [2.24, 2.45) is 0 Å². The van der Waals surface area contributed by atoms with Gasteiger partial charge in [-0.05, 0) is 30.0 Å². The van der Waals surface area contributed by atoms with E-state index in [1.54, 1.807) is 6.20 Å². The van der Waals surface area contributed by atoms with Gasteiger partial charge in [-0.25, -0.2) is 4.98 Å². The lowest BCUT2D eigenvalue weighted by Gasteiger charge is -2.24. The molecule has 21 heavy (non-hydrogen) atoms. The van der Waals surface area contributed by atoms with Gasteiger partial charge >= 0.3 is 0 Å². The maximum Gasteiger partial charge on any atom is 0.129 e. The first-order chi connectivity index (χ1) is 10.3. The minimum absolute atomic E-state index is 0.338. The van der Waals surface area contributed by atoms with Crippen LogP contribution in [0.4, 0.5) is 5.82 Å². The smallest absolute Gasteiger partial charge is 0.129 e. The Morgan fingerprint density at radius 1 is 1.29 bits per heavy atom. The van der Waals surface area contributed by atoms with Gasteiger partial charge in [-0.15, -0.1) is 0 Å². The zero-order chi connectivity index (χ0) is 14.2. The van der Waals surface area contributed by atoms with Crippen LogP contribution in [0.2, 0.25) is 0 Å². The number of hydrogen-bond acceptors (Lipinski definition) is 5. The van der Waals surface area contributed by atoms with Gasteiger partial charge in [0.15, 0.2) is 0 Å². The maximum atomic E-state index is 10.0. The standard InChI is InChI=1S/C16H17N3O2/c20-15-9-21-8-14-12(6-17-7-13(14)15)11-4-10-2-1-3-18-16(10)19-5-11/h4-7,15,20H,1-3,8-9H2,(H,18,19). The summed E-state index contributed by atoms with van der Waals surface area (Å²) in [4.78, 5) is 8.80. The first kappa shape index (κ1) is 12.7. The summed E-state index contributed by atoms with van der Waals surface area (Å²) in [5, 5.41) is 13.4. The van der Waals surface area contributed by atoms with Gasteiger partial charge in [0.05, 0.1) is 13.2 Å². The first-order valence-electron chi connectivity index (χ1n) is 7.28. The fourth-order valence-corrected chi connectivity index (χ4v) is 3.06. The predicted molar refractivity (Wildman–Crippen MR) is 78.9 cm³/mol. The lowest BCUT2D eigenvalue weighted by atomic mass is 9.94. The summed E-state index contributed by atoms with van der Waals surface area (Å²) in [5.74, 6) is 0.985. The molecular weight excluding hydrogens is 266 g/mol. The zero-order valence-electron chi connectivity index (χ0n) is 11.7. The molecule has 2 aliphatic rings. The molecule has 2 N–H and O–H groups in total. The van der Waals surface area contributed by atoms with E-state index in [9.17, 15) is 5.11 Å². The van der Waals surface area contributed by atoms with Gasteiger partial charge in [-0.1, -0.05) is 0 Å². The third-order valence-electron chi connectivity index (χ3n) is 4.16. The van der Waals surface area contributed by atoms with Gasteiger partial charge in [-0.3, -0.25) is 4.98 Å². The molecule has 0 aliphatic carbocycles. The number of rotatable bonds is 1. The summed E-state index contributed by atoms with van der Waals surface area (Å²) in [6, 6.07) is 2.17. The third-order valence-corrected chi connectivity index (χ3v) is 4.16. The number of aliphatic hydroxyl groups excluding tert-OH is 1. The SMILES string of the molecule is OC1COCc2c(-c3cnc4c(c3)CCCN4)cncc21. The molecule has 4 rings (SSSR count). The monoisotopic (exact) mass is 283 g/mol. The Morgan fingerprint density at radius 2 is 2.24 bits per heavy atom. The molecule has 5 heteroatoms. The lowest BCUT2D eigenvalue weighted by molar-refractivity contribution is 0.00981. The minimum atomic E-state index is -0.589. The molecule has 2 aromatic rings. The van der Waals surface area contributed by atoms with Crippen LogP contribution in [0.25, 0.3) is 11.1 Å². The van der Waals surface area contributed by atoms with Crippen LogP contribution in [-0.4, -0.2) is 28.2 Å². The summed E-state index contributed by atoms with van der Waals surface area (Å²) in [5.41, 5.74) is 5.18. The molecule has 0 aromatic carbocycles. The van der Waals surface area contributed by atoms with Crippen LogP contribution in [0.3, 0.4) is 0 Å². The number of nitrogens with zero attached hydrogens (tertiary/aromatic N) is 2. The second kappa shape index (κ2) is 5.09. The van der Waals surface area contributed by atoms with E-state index in [-0.39, 0.29) is 0 Å². The molecule has 0 spiro atoms. The maximum absolute atomic E-state index is 10.0. The Labute approximate surface area is 123 Å².